The molecular formula is C39H44FN3O7S. The molecule has 2 aliphatic carbocycles. The van der Waals surface area contributed by atoms with Gasteiger partial charge in [-0.1, -0.05) is 49.6 Å². The van der Waals surface area contributed by atoms with E-state index in [9.17, 15) is 33.8 Å². The van der Waals surface area contributed by atoms with Crippen LogP contribution in [0.4, 0.5) is 10.1 Å². The number of nitrogens with one attached hydrogen (secondary N) is 2. The summed E-state index contributed by atoms with van der Waals surface area (Å²) in [5.74, 6) is -1.81. The lowest BCUT2D eigenvalue weighted by Gasteiger charge is -2.47. The van der Waals surface area contributed by atoms with Crippen LogP contribution < -0.4 is 20.3 Å². The molecular weight excluding hydrogens is 674 g/mol. The monoisotopic (exact) mass is 717 g/mol. The normalized spacial score (nSPS) is 19.9. The van der Waals surface area contributed by atoms with E-state index in [2.05, 4.69) is 22.8 Å². The summed E-state index contributed by atoms with van der Waals surface area (Å²) < 4.78 is 19.4. The number of nitrogens with zero attached hydrogens (tertiary/aromatic N) is 1. The molecule has 1 aliphatic heterocycles. The lowest BCUT2D eigenvalue weighted by atomic mass is 9.92. The number of aliphatic carboxylic acids is 1. The Morgan fingerprint density at radius 1 is 0.941 bits per heavy atom. The first-order chi connectivity index (χ1) is 24.7. The van der Waals surface area contributed by atoms with Gasteiger partial charge in [0.05, 0.1) is 18.7 Å². The number of anilines is 1. The summed E-state index contributed by atoms with van der Waals surface area (Å²) in [6.45, 7) is -0.648. The van der Waals surface area contributed by atoms with Crippen molar-refractivity contribution in [3.8, 4) is 5.75 Å². The van der Waals surface area contributed by atoms with E-state index in [0.29, 0.717) is 17.2 Å². The molecule has 51 heavy (non-hydrogen) atoms. The van der Waals surface area contributed by atoms with Gasteiger partial charge in [-0.05, 0) is 90.8 Å². The van der Waals surface area contributed by atoms with E-state index in [1.165, 1.54) is 35.0 Å². The highest BCUT2D eigenvalue weighted by molar-refractivity contribution is 8.00. The first-order valence-electron chi connectivity index (χ1n) is 17.7. The molecule has 1 heterocycles. The number of carboxylic acid groups (broad SMARTS) is 1. The molecule has 0 spiro atoms. The topological polar surface area (TPSA) is 145 Å². The first kappa shape index (κ1) is 36.5. The SMILES string of the molecule is O=C(CNC(=O)COc1ccc([C@@H]2[C@@H](SCC(O)c3ccc4c(c3)CCC4)C(=O)N2c2ccc(F)cc2)cc1)C[C@@H](NC1CCCCC1)C(=O)O. The van der Waals surface area contributed by atoms with Crippen LogP contribution in [0.2, 0.25) is 0 Å². The second kappa shape index (κ2) is 16.8. The van der Waals surface area contributed by atoms with Crippen LogP contribution in [0.1, 0.15) is 79.3 Å². The van der Waals surface area contributed by atoms with Gasteiger partial charge in [0.1, 0.15) is 22.9 Å². The zero-order valence-electron chi connectivity index (χ0n) is 28.4. The number of benzene rings is 3. The zero-order valence-corrected chi connectivity index (χ0v) is 29.2. The van der Waals surface area contributed by atoms with E-state index in [4.69, 9.17) is 4.74 Å². The van der Waals surface area contributed by atoms with Gasteiger partial charge in [0, 0.05) is 23.9 Å². The van der Waals surface area contributed by atoms with E-state index in [0.717, 1.165) is 62.5 Å². The number of β-lactam (4-membered cyclic amide) rings is 1. The number of aryl methyl sites for hydroxylation is 2. The van der Waals surface area contributed by atoms with E-state index in [-0.39, 0.29) is 37.6 Å². The second-order valence-electron chi connectivity index (χ2n) is 13.6. The molecule has 1 saturated carbocycles. The minimum Gasteiger partial charge on any atom is -0.484 e. The van der Waals surface area contributed by atoms with Gasteiger partial charge in [-0.25, -0.2) is 4.39 Å². The number of ketones is 1. The molecule has 12 heteroatoms. The first-order valence-corrected chi connectivity index (χ1v) is 18.7. The summed E-state index contributed by atoms with van der Waals surface area (Å²) in [6.07, 6.45) is 7.21. The van der Waals surface area contributed by atoms with Gasteiger partial charge in [0.2, 0.25) is 5.91 Å². The Morgan fingerprint density at radius 3 is 2.39 bits per heavy atom. The minimum absolute atomic E-state index is 0.0791. The van der Waals surface area contributed by atoms with Gasteiger partial charge in [-0.3, -0.25) is 19.2 Å². The van der Waals surface area contributed by atoms with E-state index < -0.39 is 40.9 Å². The van der Waals surface area contributed by atoms with Crippen molar-refractivity contribution in [2.24, 2.45) is 0 Å². The minimum atomic E-state index is -1.09. The van der Waals surface area contributed by atoms with Crippen molar-refractivity contribution in [3.63, 3.8) is 0 Å². The maximum Gasteiger partial charge on any atom is 0.321 e. The number of rotatable bonds is 16. The number of aliphatic hydroxyl groups excluding tert-OH is 1. The van der Waals surface area contributed by atoms with E-state index in [1.54, 1.807) is 41.3 Å². The number of fused-ring (bicyclic) bond motifs is 1. The molecule has 2 fully saturated rings. The van der Waals surface area contributed by atoms with Crippen molar-refractivity contribution in [1.29, 1.82) is 0 Å². The zero-order chi connectivity index (χ0) is 35.9. The smallest absolute Gasteiger partial charge is 0.321 e. The highest BCUT2D eigenvalue weighted by Gasteiger charge is 2.49. The highest BCUT2D eigenvalue weighted by Crippen LogP contribution is 2.46. The van der Waals surface area contributed by atoms with Crippen LogP contribution in [-0.2, 0) is 32.0 Å². The molecule has 1 saturated heterocycles. The number of thioether (sulfide) groups is 1. The Kier molecular flexibility index (Phi) is 12.1. The maximum atomic E-state index is 13.7. The van der Waals surface area contributed by atoms with Crippen molar-refractivity contribution >= 4 is 41.0 Å². The van der Waals surface area contributed by atoms with Crippen molar-refractivity contribution in [2.75, 3.05) is 23.8 Å². The summed E-state index contributed by atoms with van der Waals surface area (Å²) >= 11 is 1.39. The highest BCUT2D eigenvalue weighted by atomic mass is 32.2. The molecule has 3 aliphatic rings. The fourth-order valence-corrected chi connectivity index (χ4v) is 8.46. The number of amides is 2. The summed E-state index contributed by atoms with van der Waals surface area (Å²) in [5, 5.41) is 25.7. The molecule has 4 N–H and O–H groups in total. The third-order valence-corrected chi connectivity index (χ3v) is 11.3. The predicted molar refractivity (Wildman–Crippen MR) is 192 cm³/mol. The summed E-state index contributed by atoms with van der Waals surface area (Å²) in [4.78, 5) is 51.8. The number of carbonyl (C=O) groups excluding carboxylic acids is 3. The van der Waals surface area contributed by atoms with Gasteiger partial charge in [0.15, 0.2) is 12.4 Å². The van der Waals surface area contributed by atoms with Crippen molar-refractivity contribution < 1.29 is 38.5 Å². The van der Waals surface area contributed by atoms with Crippen LogP contribution in [0.15, 0.2) is 66.7 Å². The Balaban J connectivity index is 1.03. The Labute approximate surface area is 301 Å². The molecule has 270 valence electrons. The van der Waals surface area contributed by atoms with Crippen LogP contribution in [0.5, 0.6) is 5.75 Å². The molecule has 2 amide bonds. The van der Waals surface area contributed by atoms with Gasteiger partial charge in [-0.15, -0.1) is 11.8 Å². The lowest BCUT2D eigenvalue weighted by molar-refractivity contribution is -0.141. The molecule has 4 atom stereocenters. The number of hydrogen-bond donors (Lipinski definition) is 4. The molecule has 10 nitrogen and oxygen atoms in total. The number of hydrogen-bond acceptors (Lipinski definition) is 8. The van der Waals surface area contributed by atoms with Gasteiger partial charge >= 0.3 is 5.97 Å². The standard InChI is InChI=1S/C39H44FN3O7S/c40-28-13-15-30(16-14-28)43-36(37(38(43)47)51-23-34(45)27-10-9-24-5-4-6-26(24)19-27)25-11-17-32(18-12-25)50-22-35(46)41-21-31(44)20-33(39(48)49)42-29-7-2-1-3-8-29/h9-19,29,33-34,36-37,42,45H,1-8,20-23H2,(H,41,46)(H,48,49)/t33-,34?,36-,37-/m1/s1. The average Bonchev–Trinajstić information content (AvgIpc) is 3.61. The molecule has 0 bridgehead atoms. The fraction of sp³-hybridized carbons (Fsp3) is 0.436. The van der Waals surface area contributed by atoms with E-state index in [1.807, 2.05) is 6.07 Å². The van der Waals surface area contributed by atoms with Crippen LogP contribution in [0.25, 0.3) is 0 Å². The molecule has 1 unspecified atom stereocenters. The average molecular weight is 718 g/mol. The summed E-state index contributed by atoms with van der Waals surface area (Å²) in [6, 6.07) is 17.6. The Bertz CT molecular complexity index is 1710. The number of Topliss-reactive ketones (excluding diaryl/α,β-unsaturated/α-hetero) is 1. The molecule has 3 aromatic carbocycles. The number of carboxylic acids is 1. The fourth-order valence-electron chi connectivity index (χ4n) is 7.16. The van der Waals surface area contributed by atoms with Gasteiger partial charge < -0.3 is 30.5 Å². The number of halogens is 1. The van der Waals surface area contributed by atoms with Crippen molar-refractivity contribution in [3.05, 3.63) is 94.8 Å². The van der Waals surface area contributed by atoms with Crippen LogP contribution >= 0.6 is 11.8 Å². The largest absolute Gasteiger partial charge is 0.484 e. The van der Waals surface area contributed by atoms with Crippen LogP contribution in [0, 0.1) is 5.82 Å². The second-order valence-corrected chi connectivity index (χ2v) is 14.7. The van der Waals surface area contributed by atoms with Crippen LogP contribution in [-0.4, -0.2) is 70.0 Å². The Hall–Kier alpha value is -4.26. The summed E-state index contributed by atoms with van der Waals surface area (Å²) in [7, 11) is 0. The van der Waals surface area contributed by atoms with Gasteiger partial charge in [0.25, 0.3) is 5.91 Å². The third kappa shape index (κ3) is 9.16. The number of carbonyl (C=O) groups is 4. The maximum absolute atomic E-state index is 13.7. The number of aliphatic hydroxyl groups is 1. The lowest BCUT2D eigenvalue weighted by Crippen LogP contribution is -2.57. The van der Waals surface area contributed by atoms with Crippen LogP contribution in [0.3, 0.4) is 0 Å². The Morgan fingerprint density at radius 2 is 1.67 bits per heavy atom. The predicted octanol–water partition coefficient (Wildman–Crippen LogP) is 5.07. The molecule has 3 aromatic rings. The quantitative estimate of drug-likeness (QED) is 0.149. The summed E-state index contributed by atoms with van der Waals surface area (Å²) in [5.41, 5.74) is 4.81. The molecule has 0 radical (unpaired) electrons. The third-order valence-electron chi connectivity index (χ3n) is 9.94. The van der Waals surface area contributed by atoms with E-state index >= 15 is 0 Å². The molecule has 0 aromatic heterocycles. The van der Waals surface area contributed by atoms with Crippen molar-refractivity contribution in [1.82, 2.24) is 10.6 Å². The number of ether oxygens (including phenoxy) is 1. The van der Waals surface area contributed by atoms with Gasteiger partial charge in [-0.2, -0.15) is 0 Å². The van der Waals surface area contributed by atoms with Crippen molar-refractivity contribution in [2.45, 2.75) is 87.3 Å². The molecule has 6 rings (SSSR count).